The highest BCUT2D eigenvalue weighted by atomic mass is 79.9. The number of benzene rings is 1. The summed E-state index contributed by atoms with van der Waals surface area (Å²) >= 11 is 3.38. The third kappa shape index (κ3) is 4.07. The molecule has 0 aromatic heterocycles. The molecule has 0 N–H and O–H groups in total. The number of carbonyl (C=O) groups is 2. The van der Waals surface area contributed by atoms with Gasteiger partial charge in [0.25, 0.3) is 5.91 Å². The van der Waals surface area contributed by atoms with E-state index in [4.69, 9.17) is 4.74 Å². The average Bonchev–Trinajstić information content (AvgIpc) is 2.43. The Kier molecular flexibility index (Phi) is 6.20. The summed E-state index contributed by atoms with van der Waals surface area (Å²) in [5.74, 6) is -0.757. The Morgan fingerprint density at radius 2 is 1.85 bits per heavy atom. The summed E-state index contributed by atoms with van der Waals surface area (Å²) in [6, 6.07) is 7.28. The molecular weight excluding hydrogens is 322 g/mol. The number of hydrogen-bond donors (Lipinski definition) is 0. The van der Waals surface area contributed by atoms with Crippen molar-refractivity contribution < 1.29 is 14.3 Å². The van der Waals surface area contributed by atoms with Crippen molar-refractivity contribution in [1.29, 1.82) is 0 Å². The molecule has 20 heavy (non-hydrogen) atoms. The molecule has 4 nitrogen and oxygen atoms in total. The number of methoxy groups -OCH3 is 1. The minimum Gasteiger partial charge on any atom is -0.469 e. The van der Waals surface area contributed by atoms with Gasteiger partial charge < -0.3 is 9.64 Å². The zero-order valence-corrected chi connectivity index (χ0v) is 13.8. The van der Waals surface area contributed by atoms with Gasteiger partial charge in [0.1, 0.15) is 0 Å². The van der Waals surface area contributed by atoms with E-state index in [1.165, 1.54) is 7.11 Å². The normalized spacial score (nSPS) is 12.1. The van der Waals surface area contributed by atoms with E-state index in [0.717, 1.165) is 4.47 Å². The quantitative estimate of drug-likeness (QED) is 0.773. The summed E-state index contributed by atoms with van der Waals surface area (Å²) in [5.41, 5.74) is 0.596. The van der Waals surface area contributed by atoms with Gasteiger partial charge in [0.05, 0.1) is 18.6 Å². The Hall–Kier alpha value is -1.36. The van der Waals surface area contributed by atoms with Crippen molar-refractivity contribution in [2.75, 3.05) is 13.7 Å². The zero-order chi connectivity index (χ0) is 15.3. The van der Waals surface area contributed by atoms with E-state index < -0.39 is 0 Å². The molecular formula is C15H20BrNO3. The van der Waals surface area contributed by atoms with Crippen LogP contribution in [-0.4, -0.2) is 36.5 Å². The third-order valence-electron chi connectivity index (χ3n) is 3.06. The number of nitrogens with zero attached hydrogens (tertiary/aromatic N) is 1. The van der Waals surface area contributed by atoms with Gasteiger partial charge in [-0.15, -0.1) is 0 Å². The summed E-state index contributed by atoms with van der Waals surface area (Å²) in [5, 5.41) is 0. The zero-order valence-electron chi connectivity index (χ0n) is 12.2. The van der Waals surface area contributed by atoms with Crippen LogP contribution in [0.25, 0.3) is 0 Å². The molecule has 5 heteroatoms. The van der Waals surface area contributed by atoms with Crippen LogP contribution in [0.5, 0.6) is 0 Å². The number of amides is 1. The fraction of sp³-hybridized carbons (Fsp3) is 0.467. The van der Waals surface area contributed by atoms with E-state index in [-0.39, 0.29) is 23.8 Å². The molecule has 0 spiro atoms. The van der Waals surface area contributed by atoms with E-state index in [0.29, 0.717) is 12.1 Å². The first-order valence-electron chi connectivity index (χ1n) is 6.51. The van der Waals surface area contributed by atoms with Gasteiger partial charge in [-0.25, -0.2) is 0 Å². The monoisotopic (exact) mass is 341 g/mol. The van der Waals surface area contributed by atoms with Crippen LogP contribution in [0.2, 0.25) is 0 Å². The molecule has 0 radical (unpaired) electrons. The van der Waals surface area contributed by atoms with Gasteiger partial charge in [0.15, 0.2) is 0 Å². The topological polar surface area (TPSA) is 46.6 Å². The number of halogens is 1. The fourth-order valence-electron chi connectivity index (χ4n) is 1.89. The molecule has 1 aromatic rings. The molecule has 0 saturated carbocycles. The second-order valence-corrected chi connectivity index (χ2v) is 5.81. The Balaban J connectivity index is 2.95. The third-order valence-corrected chi connectivity index (χ3v) is 3.75. The summed E-state index contributed by atoms with van der Waals surface area (Å²) in [4.78, 5) is 25.8. The minimum atomic E-state index is -0.353. The summed E-state index contributed by atoms with van der Waals surface area (Å²) < 4.78 is 5.47. The van der Waals surface area contributed by atoms with Crippen LogP contribution in [0.3, 0.4) is 0 Å². The highest BCUT2D eigenvalue weighted by molar-refractivity contribution is 9.10. The fourth-order valence-corrected chi connectivity index (χ4v) is 2.34. The van der Waals surface area contributed by atoms with Crippen LogP contribution < -0.4 is 0 Å². The van der Waals surface area contributed by atoms with Gasteiger partial charge in [0, 0.05) is 17.1 Å². The number of carbonyl (C=O) groups excluding carboxylic acids is 2. The van der Waals surface area contributed by atoms with Crippen LogP contribution in [0, 0.1) is 5.92 Å². The molecule has 1 unspecified atom stereocenters. The number of esters is 1. The SMILES string of the molecule is COC(=O)C(C)CN(C(=O)c1ccccc1Br)C(C)C. The predicted molar refractivity (Wildman–Crippen MR) is 81.5 cm³/mol. The first kappa shape index (κ1) is 16.7. The van der Waals surface area contributed by atoms with E-state index in [1.807, 2.05) is 32.0 Å². The molecule has 110 valence electrons. The lowest BCUT2D eigenvalue weighted by molar-refractivity contribution is -0.145. The molecule has 1 aromatic carbocycles. The summed E-state index contributed by atoms with van der Waals surface area (Å²) in [7, 11) is 1.36. The van der Waals surface area contributed by atoms with E-state index in [2.05, 4.69) is 15.9 Å². The van der Waals surface area contributed by atoms with Gasteiger partial charge in [-0.1, -0.05) is 19.1 Å². The molecule has 0 saturated heterocycles. The van der Waals surface area contributed by atoms with Crippen molar-refractivity contribution in [3.8, 4) is 0 Å². The smallest absolute Gasteiger partial charge is 0.310 e. The van der Waals surface area contributed by atoms with Crippen molar-refractivity contribution in [1.82, 2.24) is 4.90 Å². The molecule has 0 fully saturated rings. The molecule has 0 aliphatic heterocycles. The van der Waals surface area contributed by atoms with Crippen LogP contribution in [-0.2, 0) is 9.53 Å². The second kappa shape index (κ2) is 7.43. The standard InChI is InChI=1S/C15H20BrNO3/c1-10(2)17(9-11(3)15(19)20-4)14(18)12-7-5-6-8-13(12)16/h5-8,10-11H,9H2,1-4H3. The molecule has 0 aliphatic carbocycles. The maximum atomic E-state index is 12.6. The lowest BCUT2D eigenvalue weighted by Gasteiger charge is -2.29. The number of ether oxygens (including phenoxy) is 1. The van der Waals surface area contributed by atoms with Crippen LogP contribution in [0.4, 0.5) is 0 Å². The maximum absolute atomic E-state index is 12.6. The van der Waals surface area contributed by atoms with Crippen LogP contribution in [0.15, 0.2) is 28.7 Å². The highest BCUT2D eigenvalue weighted by Crippen LogP contribution is 2.20. The van der Waals surface area contributed by atoms with Crippen LogP contribution in [0.1, 0.15) is 31.1 Å². The van der Waals surface area contributed by atoms with Crippen molar-refractivity contribution in [2.45, 2.75) is 26.8 Å². The molecule has 1 amide bonds. The second-order valence-electron chi connectivity index (χ2n) is 4.96. The first-order chi connectivity index (χ1) is 9.38. The Labute approximate surface area is 128 Å². The van der Waals surface area contributed by atoms with Gasteiger partial charge in [-0.05, 0) is 41.9 Å². The number of rotatable bonds is 5. The van der Waals surface area contributed by atoms with Crippen LogP contribution >= 0.6 is 15.9 Å². The van der Waals surface area contributed by atoms with E-state index >= 15 is 0 Å². The predicted octanol–water partition coefficient (Wildman–Crippen LogP) is 3.11. The van der Waals surface area contributed by atoms with E-state index in [9.17, 15) is 9.59 Å². The largest absolute Gasteiger partial charge is 0.469 e. The Morgan fingerprint density at radius 1 is 1.25 bits per heavy atom. The van der Waals surface area contributed by atoms with Gasteiger partial charge in [0.2, 0.25) is 0 Å². The van der Waals surface area contributed by atoms with Crippen molar-refractivity contribution >= 4 is 27.8 Å². The minimum absolute atomic E-state index is 0.00159. The highest BCUT2D eigenvalue weighted by Gasteiger charge is 2.25. The lowest BCUT2D eigenvalue weighted by Crippen LogP contribution is -2.41. The van der Waals surface area contributed by atoms with Crippen molar-refractivity contribution in [3.63, 3.8) is 0 Å². The lowest BCUT2D eigenvalue weighted by atomic mass is 10.1. The summed E-state index contributed by atoms with van der Waals surface area (Å²) in [6.45, 7) is 5.95. The van der Waals surface area contributed by atoms with Crippen molar-refractivity contribution in [3.05, 3.63) is 34.3 Å². The molecule has 1 rings (SSSR count). The first-order valence-corrected chi connectivity index (χ1v) is 7.31. The summed E-state index contributed by atoms with van der Waals surface area (Å²) in [6.07, 6.45) is 0. The average molecular weight is 342 g/mol. The van der Waals surface area contributed by atoms with Gasteiger partial charge in [-0.3, -0.25) is 9.59 Å². The molecule has 1 atom stereocenters. The molecule has 0 aliphatic rings. The van der Waals surface area contributed by atoms with E-state index in [1.54, 1.807) is 17.9 Å². The molecule has 0 bridgehead atoms. The molecule has 0 heterocycles. The van der Waals surface area contributed by atoms with Crippen molar-refractivity contribution in [2.24, 2.45) is 5.92 Å². The van der Waals surface area contributed by atoms with Gasteiger partial charge in [-0.2, -0.15) is 0 Å². The number of hydrogen-bond acceptors (Lipinski definition) is 3. The van der Waals surface area contributed by atoms with Gasteiger partial charge >= 0.3 is 5.97 Å². The Morgan fingerprint density at radius 3 is 2.35 bits per heavy atom. The maximum Gasteiger partial charge on any atom is 0.310 e. The Bertz CT molecular complexity index is 488.